The molecule has 0 bridgehead atoms. The Hall–Kier alpha value is -2.28. The van der Waals surface area contributed by atoms with E-state index < -0.39 is 0 Å². The molecule has 0 radical (unpaired) electrons. The molecule has 7 heteroatoms. The first-order chi connectivity index (χ1) is 12.6. The number of nitrogens with zero attached hydrogens (tertiary/aromatic N) is 2. The summed E-state index contributed by atoms with van der Waals surface area (Å²) in [6.45, 7) is 2.26. The van der Waals surface area contributed by atoms with Crippen LogP contribution in [0.1, 0.15) is 20.4 Å². The van der Waals surface area contributed by atoms with Crippen LogP contribution in [-0.2, 0) is 6.54 Å². The number of benzene rings is 2. The molecular weight excluding hydrogens is 386 g/mol. The fraction of sp³-hybridized carbons (Fsp3) is 0.105. The molecule has 4 aromatic rings. The van der Waals surface area contributed by atoms with Gasteiger partial charge in [-0.25, -0.2) is 9.97 Å². The molecule has 0 unspecified atom stereocenters. The standard InChI is InChI=1S/C19H14ClN3OS2/c1-11-17(26-19(22-11)12-6-8-13(20)9-7-12)18(24)21-10-16-23-14-4-2-3-5-15(14)25-16/h2-9H,10H2,1H3,(H,21,24). The van der Waals surface area contributed by atoms with Crippen LogP contribution in [0.5, 0.6) is 0 Å². The summed E-state index contributed by atoms with van der Waals surface area (Å²) < 4.78 is 1.12. The summed E-state index contributed by atoms with van der Waals surface area (Å²) in [6.07, 6.45) is 0. The van der Waals surface area contributed by atoms with E-state index in [1.165, 1.54) is 11.3 Å². The molecule has 0 aliphatic rings. The van der Waals surface area contributed by atoms with Crippen molar-refractivity contribution < 1.29 is 4.79 Å². The number of hydrogen-bond acceptors (Lipinski definition) is 5. The van der Waals surface area contributed by atoms with Crippen molar-refractivity contribution in [2.75, 3.05) is 0 Å². The molecule has 26 heavy (non-hydrogen) atoms. The predicted octanol–water partition coefficient (Wildman–Crippen LogP) is 5.31. The number of para-hydroxylation sites is 1. The van der Waals surface area contributed by atoms with Crippen LogP contribution in [0.4, 0.5) is 0 Å². The second kappa shape index (κ2) is 7.15. The van der Waals surface area contributed by atoms with Crippen molar-refractivity contribution in [3.8, 4) is 10.6 Å². The fourth-order valence-electron chi connectivity index (χ4n) is 2.55. The van der Waals surface area contributed by atoms with Crippen molar-refractivity contribution in [1.82, 2.24) is 15.3 Å². The zero-order valence-corrected chi connectivity index (χ0v) is 16.2. The third-order valence-electron chi connectivity index (χ3n) is 3.83. The van der Waals surface area contributed by atoms with Gasteiger partial charge in [-0.15, -0.1) is 22.7 Å². The molecule has 0 aliphatic carbocycles. The predicted molar refractivity (Wildman–Crippen MR) is 108 cm³/mol. The van der Waals surface area contributed by atoms with Gasteiger partial charge in [0.2, 0.25) is 0 Å². The quantitative estimate of drug-likeness (QED) is 0.505. The maximum Gasteiger partial charge on any atom is 0.263 e. The minimum Gasteiger partial charge on any atom is -0.345 e. The van der Waals surface area contributed by atoms with E-state index in [0.717, 1.165) is 31.5 Å². The summed E-state index contributed by atoms with van der Waals surface area (Å²) in [7, 11) is 0. The van der Waals surface area contributed by atoms with Crippen LogP contribution in [0.2, 0.25) is 5.02 Å². The molecule has 0 aliphatic heterocycles. The van der Waals surface area contributed by atoms with Crippen LogP contribution in [0.25, 0.3) is 20.8 Å². The summed E-state index contributed by atoms with van der Waals surface area (Å²) in [5.41, 5.74) is 2.63. The first-order valence-corrected chi connectivity index (χ1v) is 9.97. The van der Waals surface area contributed by atoms with E-state index in [9.17, 15) is 4.79 Å². The van der Waals surface area contributed by atoms with Crippen molar-refractivity contribution in [2.24, 2.45) is 0 Å². The molecule has 2 heterocycles. The van der Waals surface area contributed by atoms with Crippen LogP contribution in [0.3, 0.4) is 0 Å². The maximum atomic E-state index is 12.6. The smallest absolute Gasteiger partial charge is 0.263 e. The van der Waals surface area contributed by atoms with Gasteiger partial charge < -0.3 is 5.32 Å². The van der Waals surface area contributed by atoms with Gasteiger partial charge in [0.05, 0.1) is 22.5 Å². The number of aromatic nitrogens is 2. The molecule has 2 aromatic heterocycles. The van der Waals surface area contributed by atoms with Crippen molar-refractivity contribution >= 4 is 50.4 Å². The van der Waals surface area contributed by atoms with E-state index in [1.54, 1.807) is 11.3 Å². The maximum absolute atomic E-state index is 12.6. The van der Waals surface area contributed by atoms with Crippen LogP contribution >= 0.6 is 34.3 Å². The molecule has 1 amide bonds. The molecule has 130 valence electrons. The van der Waals surface area contributed by atoms with Crippen LogP contribution in [0, 0.1) is 6.92 Å². The Morgan fingerprint density at radius 2 is 1.85 bits per heavy atom. The van der Waals surface area contributed by atoms with Gasteiger partial charge in [-0.05, 0) is 31.2 Å². The highest BCUT2D eigenvalue weighted by Crippen LogP contribution is 2.29. The highest BCUT2D eigenvalue weighted by atomic mass is 35.5. The number of amides is 1. The summed E-state index contributed by atoms with van der Waals surface area (Å²) in [6, 6.07) is 15.4. The molecule has 0 atom stereocenters. The summed E-state index contributed by atoms with van der Waals surface area (Å²) in [5, 5.41) is 5.32. The molecule has 0 saturated carbocycles. The zero-order chi connectivity index (χ0) is 18.1. The number of hydrogen-bond donors (Lipinski definition) is 1. The van der Waals surface area contributed by atoms with Gasteiger partial charge in [0.25, 0.3) is 5.91 Å². The third-order valence-corrected chi connectivity index (χ3v) is 6.33. The van der Waals surface area contributed by atoms with Gasteiger partial charge in [-0.2, -0.15) is 0 Å². The average Bonchev–Trinajstić information content (AvgIpc) is 3.23. The largest absolute Gasteiger partial charge is 0.345 e. The second-order valence-corrected chi connectivity index (χ2v) is 8.25. The second-order valence-electron chi connectivity index (χ2n) is 5.70. The van der Waals surface area contributed by atoms with Crippen LogP contribution in [0.15, 0.2) is 48.5 Å². The molecular formula is C19H14ClN3OS2. The zero-order valence-electron chi connectivity index (χ0n) is 13.8. The third kappa shape index (κ3) is 3.49. The molecule has 0 fully saturated rings. The molecule has 4 rings (SSSR count). The van der Waals surface area contributed by atoms with Gasteiger partial charge in [0, 0.05) is 10.6 Å². The van der Waals surface area contributed by atoms with Crippen LogP contribution in [-0.4, -0.2) is 15.9 Å². The highest BCUT2D eigenvalue weighted by molar-refractivity contribution is 7.18. The number of halogens is 1. The Labute approximate surface area is 163 Å². The van der Waals surface area contributed by atoms with E-state index >= 15 is 0 Å². The number of nitrogens with one attached hydrogen (secondary N) is 1. The van der Waals surface area contributed by atoms with E-state index in [2.05, 4.69) is 15.3 Å². The summed E-state index contributed by atoms with van der Waals surface area (Å²) in [4.78, 5) is 22.3. The SMILES string of the molecule is Cc1nc(-c2ccc(Cl)cc2)sc1C(=O)NCc1nc2ccccc2s1. The number of aryl methyl sites for hydroxylation is 1. The first kappa shape index (κ1) is 17.1. The number of fused-ring (bicyclic) bond motifs is 1. The van der Waals surface area contributed by atoms with E-state index in [-0.39, 0.29) is 5.91 Å². The van der Waals surface area contributed by atoms with Crippen molar-refractivity contribution in [1.29, 1.82) is 0 Å². The average molecular weight is 400 g/mol. The topological polar surface area (TPSA) is 54.9 Å². The normalized spacial score (nSPS) is 11.0. The highest BCUT2D eigenvalue weighted by Gasteiger charge is 2.16. The molecule has 0 saturated heterocycles. The monoisotopic (exact) mass is 399 g/mol. The van der Waals surface area contributed by atoms with Crippen molar-refractivity contribution in [2.45, 2.75) is 13.5 Å². The Morgan fingerprint density at radius 1 is 1.08 bits per heavy atom. The Morgan fingerprint density at radius 3 is 2.62 bits per heavy atom. The van der Waals surface area contributed by atoms with Gasteiger partial charge >= 0.3 is 0 Å². The lowest BCUT2D eigenvalue weighted by atomic mass is 10.2. The lowest BCUT2D eigenvalue weighted by Crippen LogP contribution is -2.22. The van der Waals surface area contributed by atoms with E-state index in [1.807, 2.05) is 55.5 Å². The fourth-order valence-corrected chi connectivity index (χ4v) is 4.58. The minimum atomic E-state index is -0.125. The van der Waals surface area contributed by atoms with Crippen molar-refractivity contribution in [3.05, 3.63) is 69.1 Å². The number of thiazole rings is 2. The Kier molecular flexibility index (Phi) is 4.72. The minimum absolute atomic E-state index is 0.125. The van der Waals surface area contributed by atoms with Crippen LogP contribution < -0.4 is 5.32 Å². The lowest BCUT2D eigenvalue weighted by molar-refractivity contribution is 0.0954. The number of carbonyl (C=O) groups is 1. The van der Waals surface area contributed by atoms with Gasteiger partial charge in [0.15, 0.2) is 0 Å². The van der Waals surface area contributed by atoms with Gasteiger partial charge in [0.1, 0.15) is 14.9 Å². The molecule has 1 N–H and O–H groups in total. The Bertz CT molecular complexity index is 1050. The first-order valence-electron chi connectivity index (χ1n) is 7.96. The van der Waals surface area contributed by atoms with Crippen molar-refractivity contribution in [3.63, 3.8) is 0 Å². The van der Waals surface area contributed by atoms with E-state index in [0.29, 0.717) is 16.4 Å². The number of carbonyl (C=O) groups excluding carboxylic acids is 1. The van der Waals surface area contributed by atoms with E-state index in [4.69, 9.17) is 11.6 Å². The molecule has 2 aromatic carbocycles. The summed E-state index contributed by atoms with van der Waals surface area (Å²) >= 11 is 8.90. The number of rotatable bonds is 4. The van der Waals surface area contributed by atoms with Gasteiger partial charge in [-0.1, -0.05) is 35.9 Å². The Balaban J connectivity index is 1.50. The molecule has 0 spiro atoms. The lowest BCUT2D eigenvalue weighted by Gasteiger charge is -2.00. The summed E-state index contributed by atoms with van der Waals surface area (Å²) in [5.74, 6) is -0.125. The molecule has 4 nitrogen and oxygen atoms in total. The van der Waals surface area contributed by atoms with Gasteiger partial charge in [-0.3, -0.25) is 4.79 Å².